The van der Waals surface area contributed by atoms with Gasteiger partial charge in [0.25, 0.3) is 0 Å². The minimum absolute atomic E-state index is 0.0786. The molecule has 3 unspecified atom stereocenters. The molecule has 2 fully saturated rings. The molecule has 33 heavy (non-hydrogen) atoms. The lowest BCUT2D eigenvalue weighted by Gasteiger charge is -2.42. The van der Waals surface area contributed by atoms with Crippen LogP contribution in [0.5, 0.6) is 0 Å². The monoisotopic (exact) mass is 451 g/mol. The number of quaternary nitrogens is 1. The molecule has 178 valence electrons. The van der Waals surface area contributed by atoms with Crippen molar-refractivity contribution in [3.8, 4) is 0 Å². The standard InChI is InChI=1S/C28H39N2O3/c1-30(19-9-12-23-11-8-18-29-21-23)20-10-17-26(22-30)33-27(31)28(32,24-13-4-2-5-14-24)25-15-6-3-7-16-25/h2,4-5,8,11,13-14,18,21,25-26,32H,3,6-7,9-10,12,15-17,19-20,22H2,1H3/q+1. The minimum Gasteiger partial charge on any atom is -0.454 e. The highest BCUT2D eigenvalue weighted by molar-refractivity contribution is 5.81. The Balaban J connectivity index is 1.41. The first-order chi connectivity index (χ1) is 16.0. The van der Waals surface area contributed by atoms with Crippen molar-refractivity contribution < 1.29 is 19.1 Å². The van der Waals surface area contributed by atoms with Crippen LogP contribution in [-0.4, -0.2) is 53.3 Å². The van der Waals surface area contributed by atoms with Crippen molar-refractivity contribution in [2.45, 2.75) is 69.5 Å². The maximum Gasteiger partial charge on any atom is 0.343 e. The Morgan fingerprint density at radius 1 is 1.09 bits per heavy atom. The molecule has 0 amide bonds. The van der Waals surface area contributed by atoms with Crippen molar-refractivity contribution in [3.63, 3.8) is 0 Å². The maximum absolute atomic E-state index is 13.6. The van der Waals surface area contributed by atoms with Crippen LogP contribution in [0, 0.1) is 5.92 Å². The van der Waals surface area contributed by atoms with Crippen molar-refractivity contribution in [2.24, 2.45) is 5.92 Å². The Labute approximate surface area is 198 Å². The number of rotatable bonds is 8. The number of aryl methyl sites for hydroxylation is 1. The molecule has 1 saturated heterocycles. The van der Waals surface area contributed by atoms with Gasteiger partial charge in [-0.3, -0.25) is 4.98 Å². The number of likely N-dealkylation sites (tertiary alicyclic amines) is 1. The van der Waals surface area contributed by atoms with Crippen LogP contribution in [-0.2, 0) is 21.6 Å². The highest BCUT2D eigenvalue weighted by Crippen LogP contribution is 2.41. The minimum atomic E-state index is -1.55. The third-order valence-corrected chi connectivity index (χ3v) is 7.75. The van der Waals surface area contributed by atoms with E-state index in [1.165, 1.54) is 12.0 Å². The summed E-state index contributed by atoms with van der Waals surface area (Å²) in [4.78, 5) is 17.8. The average Bonchev–Trinajstić information content (AvgIpc) is 2.85. The second-order valence-electron chi connectivity index (χ2n) is 10.4. The van der Waals surface area contributed by atoms with Gasteiger partial charge in [-0.25, -0.2) is 4.79 Å². The number of nitrogens with zero attached hydrogens (tertiary/aromatic N) is 2. The lowest BCUT2D eigenvalue weighted by Crippen LogP contribution is -2.55. The van der Waals surface area contributed by atoms with E-state index in [-0.39, 0.29) is 12.0 Å². The summed E-state index contributed by atoms with van der Waals surface area (Å²) in [6, 6.07) is 13.6. The van der Waals surface area contributed by atoms with Crippen LogP contribution in [0.15, 0.2) is 54.9 Å². The second-order valence-corrected chi connectivity index (χ2v) is 10.4. The van der Waals surface area contributed by atoms with E-state index >= 15 is 0 Å². The number of likely N-dealkylation sites (N-methyl/N-ethyl adjacent to an activating group) is 1. The Bertz CT molecular complexity index is 885. The molecule has 2 aliphatic rings. The molecular weight excluding hydrogens is 412 g/mol. The molecule has 1 aliphatic carbocycles. The summed E-state index contributed by atoms with van der Waals surface area (Å²) in [5, 5.41) is 11.8. The normalized spacial score (nSPS) is 25.8. The predicted molar refractivity (Wildman–Crippen MR) is 129 cm³/mol. The number of benzene rings is 1. The van der Waals surface area contributed by atoms with Crippen molar-refractivity contribution in [1.82, 2.24) is 4.98 Å². The smallest absolute Gasteiger partial charge is 0.343 e. The molecular formula is C28H39N2O3+. The molecule has 0 spiro atoms. The van der Waals surface area contributed by atoms with Crippen LogP contribution in [0.3, 0.4) is 0 Å². The quantitative estimate of drug-likeness (QED) is 0.469. The fraction of sp³-hybridized carbons (Fsp3) is 0.571. The number of esters is 1. The van der Waals surface area contributed by atoms with Gasteiger partial charge in [-0.1, -0.05) is 55.7 Å². The number of piperidine rings is 1. The van der Waals surface area contributed by atoms with Gasteiger partial charge in [0.2, 0.25) is 0 Å². The van der Waals surface area contributed by atoms with Gasteiger partial charge in [-0.05, 0) is 42.9 Å². The SMILES string of the molecule is C[N+]1(CCCc2cccnc2)CCCC(OC(=O)C(O)(c2ccccc2)C2CCCCC2)C1. The largest absolute Gasteiger partial charge is 0.454 e. The lowest BCUT2D eigenvalue weighted by molar-refractivity contribution is -0.917. The summed E-state index contributed by atoms with van der Waals surface area (Å²) in [5.74, 6) is -0.528. The van der Waals surface area contributed by atoms with Gasteiger partial charge >= 0.3 is 5.97 Å². The van der Waals surface area contributed by atoms with Crippen LogP contribution in [0.4, 0.5) is 0 Å². The molecule has 0 bridgehead atoms. The second kappa shape index (κ2) is 10.8. The number of hydrogen-bond acceptors (Lipinski definition) is 4. The van der Waals surface area contributed by atoms with E-state index in [9.17, 15) is 9.90 Å². The Hall–Kier alpha value is -2.24. The molecule has 5 heteroatoms. The fourth-order valence-corrected chi connectivity index (χ4v) is 5.86. The fourth-order valence-electron chi connectivity index (χ4n) is 5.86. The first-order valence-electron chi connectivity index (χ1n) is 12.7. The Morgan fingerprint density at radius 3 is 2.61 bits per heavy atom. The van der Waals surface area contributed by atoms with Gasteiger partial charge in [-0.15, -0.1) is 0 Å². The molecule has 2 aromatic rings. The topological polar surface area (TPSA) is 59.4 Å². The van der Waals surface area contributed by atoms with Crippen molar-refractivity contribution in [3.05, 3.63) is 66.0 Å². The van der Waals surface area contributed by atoms with Crippen LogP contribution in [0.2, 0.25) is 0 Å². The lowest BCUT2D eigenvalue weighted by atomic mass is 9.73. The average molecular weight is 452 g/mol. The molecule has 1 aromatic carbocycles. The van der Waals surface area contributed by atoms with Crippen molar-refractivity contribution in [1.29, 1.82) is 0 Å². The van der Waals surface area contributed by atoms with E-state index in [0.29, 0.717) is 5.56 Å². The zero-order valence-corrected chi connectivity index (χ0v) is 20.0. The Kier molecular flexibility index (Phi) is 7.82. The summed E-state index contributed by atoms with van der Waals surface area (Å²) < 4.78 is 7.02. The third-order valence-electron chi connectivity index (χ3n) is 7.75. The number of carbonyl (C=O) groups excluding carboxylic acids is 1. The summed E-state index contributed by atoms with van der Waals surface area (Å²) in [6.07, 6.45) is 12.6. The molecule has 0 radical (unpaired) electrons. The molecule has 1 aromatic heterocycles. The van der Waals surface area contributed by atoms with Crippen LogP contribution in [0.1, 0.15) is 62.5 Å². The summed E-state index contributed by atoms with van der Waals surface area (Å²) in [5.41, 5.74) is 0.388. The third kappa shape index (κ3) is 5.82. The van der Waals surface area contributed by atoms with Crippen molar-refractivity contribution in [2.75, 3.05) is 26.7 Å². The van der Waals surface area contributed by atoms with Gasteiger partial charge in [-0.2, -0.15) is 0 Å². The van der Waals surface area contributed by atoms with E-state index < -0.39 is 11.6 Å². The molecule has 1 N–H and O–H groups in total. The Morgan fingerprint density at radius 2 is 1.88 bits per heavy atom. The number of aliphatic hydroxyl groups is 1. The maximum atomic E-state index is 13.6. The summed E-state index contributed by atoms with van der Waals surface area (Å²) >= 11 is 0. The van der Waals surface area contributed by atoms with Crippen LogP contribution in [0.25, 0.3) is 0 Å². The van der Waals surface area contributed by atoms with Gasteiger partial charge < -0.3 is 14.3 Å². The molecule has 4 rings (SSSR count). The van der Waals surface area contributed by atoms with E-state index in [1.807, 2.05) is 48.8 Å². The number of carbonyl (C=O) groups is 1. The molecule has 1 aliphatic heterocycles. The predicted octanol–water partition coefficient (Wildman–Crippen LogP) is 4.63. The zero-order chi connectivity index (χ0) is 23.2. The number of pyridine rings is 1. The van der Waals surface area contributed by atoms with Gasteiger partial charge in [0.05, 0.1) is 20.1 Å². The molecule has 2 heterocycles. The van der Waals surface area contributed by atoms with E-state index in [1.54, 1.807) is 0 Å². The van der Waals surface area contributed by atoms with Gasteiger partial charge in [0.1, 0.15) is 6.54 Å². The van der Waals surface area contributed by atoms with Crippen LogP contribution >= 0.6 is 0 Å². The highest BCUT2D eigenvalue weighted by atomic mass is 16.6. The molecule has 5 nitrogen and oxygen atoms in total. The van der Waals surface area contributed by atoms with E-state index in [0.717, 1.165) is 75.5 Å². The highest BCUT2D eigenvalue weighted by Gasteiger charge is 2.48. The zero-order valence-electron chi connectivity index (χ0n) is 20.0. The first-order valence-corrected chi connectivity index (χ1v) is 12.7. The van der Waals surface area contributed by atoms with Crippen LogP contribution < -0.4 is 0 Å². The van der Waals surface area contributed by atoms with Crippen molar-refractivity contribution >= 4 is 5.97 Å². The molecule has 1 saturated carbocycles. The molecule has 3 atom stereocenters. The number of aromatic nitrogens is 1. The van der Waals surface area contributed by atoms with Gasteiger partial charge in [0.15, 0.2) is 11.7 Å². The van der Waals surface area contributed by atoms with Gasteiger partial charge in [0, 0.05) is 31.2 Å². The summed E-state index contributed by atoms with van der Waals surface area (Å²) in [6.45, 7) is 2.97. The van der Waals surface area contributed by atoms with E-state index in [2.05, 4.69) is 18.1 Å². The first kappa shape index (κ1) is 23.9. The van der Waals surface area contributed by atoms with E-state index in [4.69, 9.17) is 4.74 Å². The number of ether oxygens (including phenoxy) is 1. The number of hydrogen-bond donors (Lipinski definition) is 1. The summed E-state index contributed by atoms with van der Waals surface area (Å²) in [7, 11) is 2.27.